The minimum absolute atomic E-state index is 0. The van der Waals surface area contributed by atoms with Gasteiger partial charge in [0.1, 0.15) is 0 Å². The topological polar surface area (TPSA) is 40.1 Å². The molecule has 12 heavy (non-hydrogen) atoms. The van der Waals surface area contributed by atoms with Crippen LogP contribution >= 0.6 is 0 Å². The van der Waals surface area contributed by atoms with Gasteiger partial charge in [-0.3, -0.25) is 0 Å². The standard InChI is InChI=1S/C9H16O2.K/c1-7(9(10)11)8-5-3-2-4-6-8;/h7-8H,2-6H2,1H3,(H,10,11);/q;+1/p-1. The van der Waals surface area contributed by atoms with Crippen molar-refractivity contribution in [3.05, 3.63) is 0 Å². The Morgan fingerprint density at radius 3 is 2.25 bits per heavy atom. The zero-order valence-corrected chi connectivity index (χ0v) is 11.1. The third kappa shape index (κ3) is 3.88. The average Bonchev–Trinajstić information content (AvgIpc) is 2.05. The van der Waals surface area contributed by atoms with Gasteiger partial charge in [-0.2, -0.15) is 0 Å². The first kappa shape index (κ1) is 13.1. The van der Waals surface area contributed by atoms with Gasteiger partial charge in [0.2, 0.25) is 0 Å². The van der Waals surface area contributed by atoms with E-state index in [1.807, 2.05) is 0 Å². The van der Waals surface area contributed by atoms with E-state index in [4.69, 9.17) is 0 Å². The maximum atomic E-state index is 10.5. The Morgan fingerprint density at radius 2 is 1.83 bits per heavy atom. The molecule has 0 radical (unpaired) electrons. The first-order valence-corrected chi connectivity index (χ1v) is 4.42. The molecular weight excluding hydrogens is 179 g/mol. The van der Waals surface area contributed by atoms with Crippen molar-refractivity contribution in [2.45, 2.75) is 39.0 Å². The molecule has 2 nitrogen and oxygen atoms in total. The zero-order valence-electron chi connectivity index (χ0n) is 8.01. The molecule has 0 spiro atoms. The number of rotatable bonds is 2. The molecule has 1 atom stereocenters. The molecule has 64 valence electrons. The molecule has 0 aliphatic heterocycles. The summed E-state index contributed by atoms with van der Waals surface area (Å²) in [6.07, 6.45) is 5.82. The quantitative estimate of drug-likeness (QED) is 0.475. The minimum Gasteiger partial charge on any atom is -0.550 e. The van der Waals surface area contributed by atoms with Crippen LogP contribution in [0.5, 0.6) is 0 Å². The molecule has 0 N–H and O–H groups in total. The summed E-state index contributed by atoms with van der Waals surface area (Å²) in [5, 5.41) is 10.5. The Hall–Kier alpha value is 1.11. The molecule has 1 aliphatic rings. The first-order chi connectivity index (χ1) is 5.22. The van der Waals surface area contributed by atoms with E-state index in [1.165, 1.54) is 19.3 Å². The smallest absolute Gasteiger partial charge is 0.550 e. The van der Waals surface area contributed by atoms with E-state index in [1.54, 1.807) is 6.92 Å². The predicted octanol–water partition coefficient (Wildman–Crippen LogP) is -2.04. The fourth-order valence-corrected chi connectivity index (χ4v) is 1.83. The molecule has 0 bridgehead atoms. The number of carboxylic acid groups (broad SMARTS) is 1. The van der Waals surface area contributed by atoms with Gasteiger partial charge in [-0.15, -0.1) is 0 Å². The normalized spacial score (nSPS) is 21.1. The monoisotopic (exact) mass is 194 g/mol. The Morgan fingerprint density at radius 1 is 1.33 bits per heavy atom. The van der Waals surface area contributed by atoms with E-state index in [0.29, 0.717) is 5.92 Å². The van der Waals surface area contributed by atoms with E-state index in [0.717, 1.165) is 12.8 Å². The molecule has 1 saturated carbocycles. The summed E-state index contributed by atoms with van der Waals surface area (Å²) in [5.74, 6) is -0.735. The molecule has 0 aromatic heterocycles. The van der Waals surface area contributed by atoms with Crippen molar-refractivity contribution in [1.82, 2.24) is 0 Å². The van der Waals surface area contributed by atoms with Crippen LogP contribution in [-0.4, -0.2) is 5.97 Å². The molecule has 1 fully saturated rings. The van der Waals surface area contributed by atoms with Gasteiger partial charge in [-0.1, -0.05) is 26.2 Å². The SMILES string of the molecule is CC(C(=O)[O-])C1CCCCC1.[K+]. The fourth-order valence-electron chi connectivity index (χ4n) is 1.83. The van der Waals surface area contributed by atoms with Gasteiger partial charge in [-0.25, -0.2) is 0 Å². The zero-order chi connectivity index (χ0) is 8.27. The summed E-state index contributed by atoms with van der Waals surface area (Å²) >= 11 is 0. The number of aliphatic carboxylic acids is 1. The summed E-state index contributed by atoms with van der Waals surface area (Å²) < 4.78 is 0. The molecule has 1 aliphatic carbocycles. The molecule has 1 rings (SSSR count). The largest absolute Gasteiger partial charge is 1.00 e. The van der Waals surface area contributed by atoms with E-state index in [9.17, 15) is 9.90 Å². The Balaban J connectivity index is 0.00000121. The van der Waals surface area contributed by atoms with Crippen molar-refractivity contribution in [3.8, 4) is 0 Å². The van der Waals surface area contributed by atoms with Crippen LogP contribution in [-0.2, 0) is 4.79 Å². The second-order valence-electron chi connectivity index (χ2n) is 3.51. The van der Waals surface area contributed by atoms with Crippen LogP contribution in [0.1, 0.15) is 39.0 Å². The number of carbonyl (C=O) groups excluding carboxylic acids is 1. The van der Waals surface area contributed by atoms with Gasteiger partial charge in [-0.05, 0) is 24.7 Å². The van der Waals surface area contributed by atoms with E-state index in [2.05, 4.69) is 0 Å². The number of hydrogen-bond acceptors (Lipinski definition) is 2. The molecule has 0 heterocycles. The van der Waals surface area contributed by atoms with Crippen molar-refractivity contribution in [2.75, 3.05) is 0 Å². The van der Waals surface area contributed by atoms with Crippen LogP contribution < -0.4 is 56.5 Å². The second-order valence-corrected chi connectivity index (χ2v) is 3.51. The molecule has 3 heteroatoms. The Bertz CT molecular complexity index is 141. The van der Waals surface area contributed by atoms with Crippen LogP contribution in [0.15, 0.2) is 0 Å². The second kappa shape index (κ2) is 6.54. The third-order valence-electron chi connectivity index (χ3n) is 2.73. The minimum atomic E-state index is -0.878. The summed E-state index contributed by atoms with van der Waals surface area (Å²) in [4.78, 5) is 10.5. The van der Waals surface area contributed by atoms with Crippen molar-refractivity contribution < 1.29 is 61.3 Å². The van der Waals surface area contributed by atoms with Crippen LogP contribution in [0.25, 0.3) is 0 Å². The van der Waals surface area contributed by atoms with Crippen LogP contribution in [0.4, 0.5) is 0 Å². The van der Waals surface area contributed by atoms with Crippen LogP contribution in [0.3, 0.4) is 0 Å². The van der Waals surface area contributed by atoms with Gasteiger partial charge in [0.25, 0.3) is 0 Å². The van der Waals surface area contributed by atoms with Gasteiger partial charge < -0.3 is 9.90 Å². The first-order valence-electron chi connectivity index (χ1n) is 4.42. The molecular formula is C9H15KO2. The van der Waals surface area contributed by atoms with E-state index >= 15 is 0 Å². The van der Waals surface area contributed by atoms with E-state index in [-0.39, 0.29) is 57.3 Å². The molecule has 0 amide bonds. The Kier molecular flexibility index (Phi) is 7.15. The van der Waals surface area contributed by atoms with Crippen molar-refractivity contribution in [1.29, 1.82) is 0 Å². The van der Waals surface area contributed by atoms with Gasteiger partial charge >= 0.3 is 51.4 Å². The van der Waals surface area contributed by atoms with Gasteiger partial charge in [0, 0.05) is 5.97 Å². The summed E-state index contributed by atoms with van der Waals surface area (Å²) in [7, 11) is 0. The number of carbonyl (C=O) groups is 1. The molecule has 0 aromatic carbocycles. The van der Waals surface area contributed by atoms with E-state index < -0.39 is 5.97 Å². The predicted molar refractivity (Wildman–Crippen MR) is 40.7 cm³/mol. The number of carboxylic acids is 1. The summed E-state index contributed by atoms with van der Waals surface area (Å²) in [6, 6.07) is 0. The third-order valence-corrected chi connectivity index (χ3v) is 2.73. The number of hydrogen-bond donors (Lipinski definition) is 0. The van der Waals surface area contributed by atoms with Gasteiger partial charge in [0.15, 0.2) is 0 Å². The van der Waals surface area contributed by atoms with Crippen molar-refractivity contribution in [2.24, 2.45) is 11.8 Å². The molecule has 1 unspecified atom stereocenters. The fraction of sp³-hybridized carbons (Fsp3) is 0.889. The molecule has 0 aromatic rings. The van der Waals surface area contributed by atoms with Crippen molar-refractivity contribution in [3.63, 3.8) is 0 Å². The summed E-state index contributed by atoms with van der Waals surface area (Å²) in [5.41, 5.74) is 0. The summed E-state index contributed by atoms with van der Waals surface area (Å²) in [6.45, 7) is 1.77. The van der Waals surface area contributed by atoms with Crippen molar-refractivity contribution >= 4 is 5.97 Å². The van der Waals surface area contributed by atoms with Gasteiger partial charge in [0.05, 0.1) is 0 Å². The average molecular weight is 194 g/mol. The van der Waals surface area contributed by atoms with Crippen LogP contribution in [0.2, 0.25) is 0 Å². The Labute approximate surface area is 117 Å². The van der Waals surface area contributed by atoms with Crippen LogP contribution in [0, 0.1) is 11.8 Å². The molecule has 0 saturated heterocycles. The maximum Gasteiger partial charge on any atom is 1.00 e. The maximum absolute atomic E-state index is 10.5.